The van der Waals surface area contributed by atoms with Crippen LogP contribution in [0, 0.1) is 11.8 Å². The Hall–Kier alpha value is 0.370. The maximum absolute atomic E-state index is 12.7. The standard InChI is InChI=1S/C16H29Cl2N3O3S/c17-13-7-12(15(22)8-14(13)18)16(19)10-2-5-21(6-3-10)25(23,24)11-1-4-20-9-11/h10-16,20,22H,1-9,19H2/t11?,12?,13?,14?,15?,16-/m1/s1. The normalized spacial score (nSPS) is 40.2. The molecule has 6 nitrogen and oxygen atoms in total. The van der Waals surface area contributed by atoms with Crippen LogP contribution in [0.2, 0.25) is 0 Å². The summed E-state index contributed by atoms with van der Waals surface area (Å²) in [6, 6.07) is -0.168. The van der Waals surface area contributed by atoms with Crippen molar-refractivity contribution in [1.82, 2.24) is 9.62 Å². The van der Waals surface area contributed by atoms with Gasteiger partial charge < -0.3 is 16.2 Å². The molecule has 3 rings (SSSR count). The van der Waals surface area contributed by atoms with Crippen molar-refractivity contribution in [2.45, 2.75) is 60.3 Å². The number of sulfonamides is 1. The molecule has 0 aromatic rings. The van der Waals surface area contributed by atoms with E-state index in [2.05, 4.69) is 5.32 Å². The molecule has 1 aliphatic carbocycles. The molecule has 0 radical (unpaired) electrons. The van der Waals surface area contributed by atoms with Crippen LogP contribution < -0.4 is 11.1 Å². The van der Waals surface area contributed by atoms with Gasteiger partial charge in [0, 0.05) is 31.6 Å². The highest BCUT2D eigenvalue weighted by Crippen LogP contribution is 2.37. The number of hydrogen-bond acceptors (Lipinski definition) is 5. The number of nitrogens with two attached hydrogens (primary N) is 1. The maximum Gasteiger partial charge on any atom is 0.218 e. The van der Waals surface area contributed by atoms with Crippen LogP contribution in [0.15, 0.2) is 0 Å². The van der Waals surface area contributed by atoms with E-state index in [0.29, 0.717) is 38.9 Å². The first-order valence-corrected chi connectivity index (χ1v) is 11.6. The van der Waals surface area contributed by atoms with Gasteiger partial charge in [0.25, 0.3) is 0 Å². The molecule has 4 N–H and O–H groups in total. The van der Waals surface area contributed by atoms with E-state index in [9.17, 15) is 13.5 Å². The highest BCUT2D eigenvalue weighted by molar-refractivity contribution is 7.89. The predicted molar refractivity (Wildman–Crippen MR) is 100 cm³/mol. The summed E-state index contributed by atoms with van der Waals surface area (Å²) in [7, 11) is -3.22. The summed E-state index contributed by atoms with van der Waals surface area (Å²) in [4.78, 5) is 0. The molecule has 0 aromatic heterocycles. The van der Waals surface area contributed by atoms with Crippen molar-refractivity contribution in [2.75, 3.05) is 26.2 Å². The molecule has 3 fully saturated rings. The smallest absolute Gasteiger partial charge is 0.218 e. The van der Waals surface area contributed by atoms with Crippen LogP contribution in [0.4, 0.5) is 0 Å². The van der Waals surface area contributed by atoms with Gasteiger partial charge in [0.15, 0.2) is 0 Å². The molecular weight excluding hydrogens is 385 g/mol. The Morgan fingerprint density at radius 3 is 2.36 bits per heavy atom. The van der Waals surface area contributed by atoms with Crippen LogP contribution in [-0.4, -0.2) is 72.2 Å². The predicted octanol–water partition coefficient (Wildman–Crippen LogP) is 0.703. The van der Waals surface area contributed by atoms with Gasteiger partial charge >= 0.3 is 0 Å². The van der Waals surface area contributed by atoms with Gasteiger partial charge in [-0.15, -0.1) is 23.2 Å². The van der Waals surface area contributed by atoms with Crippen molar-refractivity contribution < 1.29 is 13.5 Å². The number of alkyl halides is 2. The van der Waals surface area contributed by atoms with Gasteiger partial charge in [-0.05, 0) is 44.6 Å². The van der Waals surface area contributed by atoms with E-state index in [-0.39, 0.29) is 33.9 Å². The zero-order chi connectivity index (χ0) is 18.2. The Kier molecular flexibility index (Phi) is 6.57. The lowest BCUT2D eigenvalue weighted by molar-refractivity contribution is 0.0399. The Bertz CT molecular complexity index is 551. The molecule has 25 heavy (non-hydrogen) atoms. The van der Waals surface area contributed by atoms with Crippen molar-refractivity contribution in [3.05, 3.63) is 0 Å². The van der Waals surface area contributed by atoms with E-state index >= 15 is 0 Å². The quantitative estimate of drug-likeness (QED) is 0.589. The summed E-state index contributed by atoms with van der Waals surface area (Å²) < 4.78 is 27.0. The molecule has 0 spiro atoms. The van der Waals surface area contributed by atoms with E-state index in [1.807, 2.05) is 0 Å². The fourth-order valence-corrected chi connectivity index (χ4v) is 6.97. The van der Waals surface area contributed by atoms with E-state index in [4.69, 9.17) is 28.9 Å². The number of aliphatic hydroxyl groups excluding tert-OH is 1. The van der Waals surface area contributed by atoms with Gasteiger partial charge in [-0.25, -0.2) is 12.7 Å². The number of piperidine rings is 1. The summed E-state index contributed by atoms with van der Waals surface area (Å²) in [5.74, 6) is 0.147. The molecule has 2 saturated heterocycles. The van der Waals surface area contributed by atoms with Crippen LogP contribution in [0.3, 0.4) is 0 Å². The first kappa shape index (κ1) is 20.1. The van der Waals surface area contributed by atoms with E-state index < -0.39 is 16.1 Å². The van der Waals surface area contributed by atoms with Crippen LogP contribution in [0.1, 0.15) is 32.1 Å². The third-order valence-electron chi connectivity index (χ3n) is 6.18. The maximum atomic E-state index is 12.7. The third-order valence-corrected chi connectivity index (χ3v) is 9.61. The lowest BCUT2D eigenvalue weighted by Crippen LogP contribution is -2.52. The second-order valence-corrected chi connectivity index (χ2v) is 11.0. The van der Waals surface area contributed by atoms with Gasteiger partial charge in [-0.3, -0.25) is 0 Å². The Morgan fingerprint density at radius 2 is 1.76 bits per heavy atom. The van der Waals surface area contributed by atoms with E-state index in [1.165, 1.54) is 0 Å². The lowest BCUT2D eigenvalue weighted by atomic mass is 9.74. The first-order valence-electron chi connectivity index (χ1n) is 9.22. The third kappa shape index (κ3) is 4.28. The minimum absolute atomic E-state index is 0.0651. The fourth-order valence-electron chi connectivity index (χ4n) is 4.49. The van der Waals surface area contributed by atoms with Crippen molar-refractivity contribution in [1.29, 1.82) is 0 Å². The number of aliphatic hydroxyl groups is 1. The van der Waals surface area contributed by atoms with Crippen LogP contribution >= 0.6 is 23.2 Å². The fraction of sp³-hybridized carbons (Fsp3) is 1.00. The summed E-state index contributed by atoms with van der Waals surface area (Å²) >= 11 is 12.4. The molecule has 1 saturated carbocycles. The monoisotopic (exact) mass is 413 g/mol. The van der Waals surface area contributed by atoms with Gasteiger partial charge in [0.05, 0.1) is 22.1 Å². The van der Waals surface area contributed by atoms with Crippen molar-refractivity contribution in [3.8, 4) is 0 Å². The zero-order valence-electron chi connectivity index (χ0n) is 14.4. The molecule has 0 bridgehead atoms. The topological polar surface area (TPSA) is 95.7 Å². The second-order valence-electron chi connectivity index (χ2n) is 7.71. The number of hydrogen-bond donors (Lipinski definition) is 3. The van der Waals surface area contributed by atoms with Crippen molar-refractivity contribution >= 4 is 33.2 Å². The lowest BCUT2D eigenvalue weighted by Gasteiger charge is -2.42. The molecule has 9 heteroatoms. The highest BCUT2D eigenvalue weighted by Gasteiger charge is 2.42. The Balaban J connectivity index is 1.56. The molecule has 6 atom stereocenters. The molecule has 5 unspecified atom stereocenters. The minimum Gasteiger partial charge on any atom is -0.393 e. The highest BCUT2D eigenvalue weighted by atomic mass is 35.5. The molecule has 2 aliphatic heterocycles. The minimum atomic E-state index is -3.22. The summed E-state index contributed by atoms with van der Waals surface area (Å²) in [5.41, 5.74) is 6.46. The van der Waals surface area contributed by atoms with Crippen LogP contribution in [0.5, 0.6) is 0 Å². The van der Waals surface area contributed by atoms with Gasteiger partial charge in [-0.2, -0.15) is 0 Å². The molecule has 0 amide bonds. The van der Waals surface area contributed by atoms with Crippen LogP contribution in [-0.2, 0) is 10.0 Å². The average Bonchev–Trinajstić information content (AvgIpc) is 3.13. The molecule has 146 valence electrons. The summed E-state index contributed by atoms with van der Waals surface area (Å²) in [5, 5.41) is 12.8. The zero-order valence-corrected chi connectivity index (χ0v) is 16.7. The van der Waals surface area contributed by atoms with Crippen molar-refractivity contribution in [3.63, 3.8) is 0 Å². The Labute approximate surface area is 160 Å². The van der Waals surface area contributed by atoms with Crippen LogP contribution in [0.25, 0.3) is 0 Å². The molecular formula is C16H29Cl2N3O3S. The van der Waals surface area contributed by atoms with Gasteiger partial charge in [-0.1, -0.05) is 0 Å². The number of rotatable bonds is 4. The van der Waals surface area contributed by atoms with Gasteiger partial charge in [0.1, 0.15) is 0 Å². The first-order chi connectivity index (χ1) is 11.8. The van der Waals surface area contributed by atoms with Gasteiger partial charge in [0.2, 0.25) is 10.0 Å². The summed E-state index contributed by atoms with van der Waals surface area (Å²) in [6.07, 6.45) is 2.72. The number of nitrogens with zero attached hydrogens (tertiary/aromatic N) is 1. The van der Waals surface area contributed by atoms with E-state index in [1.54, 1.807) is 4.31 Å². The molecule has 2 heterocycles. The SMILES string of the molecule is N[C@H](C1CCN(S(=O)(=O)C2CCNC2)CC1)C1CC(Cl)C(Cl)CC1O. The van der Waals surface area contributed by atoms with E-state index in [0.717, 1.165) is 19.4 Å². The Morgan fingerprint density at radius 1 is 1.12 bits per heavy atom. The van der Waals surface area contributed by atoms with Crippen molar-refractivity contribution in [2.24, 2.45) is 17.6 Å². The second kappa shape index (κ2) is 8.17. The molecule has 3 aliphatic rings. The number of halogens is 2. The molecule has 0 aromatic carbocycles. The summed E-state index contributed by atoms with van der Waals surface area (Å²) in [6.45, 7) is 2.35. The number of nitrogens with one attached hydrogen (secondary N) is 1. The average molecular weight is 414 g/mol. The largest absolute Gasteiger partial charge is 0.393 e.